The van der Waals surface area contributed by atoms with Crippen molar-refractivity contribution in [3.05, 3.63) is 65.5 Å². The van der Waals surface area contributed by atoms with Gasteiger partial charge in [-0.2, -0.15) is 5.26 Å². The molecule has 2 aromatic carbocycles. The topological polar surface area (TPSA) is 76.8 Å². The van der Waals surface area contributed by atoms with Crippen LogP contribution in [0, 0.1) is 16.5 Å². The minimum Gasteiger partial charge on any atom is -0.358 e. The molecule has 1 aromatic heterocycles. The van der Waals surface area contributed by atoms with Crippen LogP contribution >= 0.6 is 0 Å². The van der Waals surface area contributed by atoms with Gasteiger partial charge in [-0.1, -0.05) is 42.5 Å². The molecule has 0 fully saturated rings. The lowest BCUT2D eigenvalue weighted by molar-refractivity contribution is -0.804. The number of hydrogen-bond donors (Lipinski definition) is 0. The zero-order chi connectivity index (χ0) is 13.9. The van der Waals surface area contributed by atoms with Crippen molar-refractivity contribution in [2.45, 2.75) is 0 Å². The molecule has 0 saturated carbocycles. The van der Waals surface area contributed by atoms with Gasteiger partial charge in [-0.25, -0.2) is 0 Å². The Labute approximate surface area is 114 Å². The van der Waals surface area contributed by atoms with Gasteiger partial charge in [-0.15, -0.1) is 0 Å². The van der Waals surface area contributed by atoms with Gasteiger partial charge in [0.25, 0.3) is 5.69 Å². The summed E-state index contributed by atoms with van der Waals surface area (Å²) < 4.78 is 4.44. The van der Waals surface area contributed by atoms with Crippen LogP contribution in [0.25, 0.3) is 22.4 Å². The quantitative estimate of drug-likeness (QED) is 0.665. The lowest BCUT2D eigenvalue weighted by Gasteiger charge is -2.01. The van der Waals surface area contributed by atoms with Gasteiger partial charge in [-0.3, -0.25) is 4.63 Å². The summed E-state index contributed by atoms with van der Waals surface area (Å²) in [7, 11) is 0. The number of nitriles is 1. The van der Waals surface area contributed by atoms with E-state index in [4.69, 9.17) is 5.26 Å². The first kappa shape index (κ1) is 11.9. The molecular formula is C15H9N3O2. The Morgan fingerprint density at radius 2 is 1.55 bits per heavy atom. The Bertz CT molecular complexity index is 771. The standard InChI is InChI=1S/C15H9N3O2/c16-10-14-15(17-20-18(14)19)13-8-6-12(7-9-13)11-4-2-1-3-5-11/h1-9H. The first-order chi connectivity index (χ1) is 9.79. The first-order valence-electron chi connectivity index (χ1n) is 5.95. The van der Waals surface area contributed by atoms with E-state index in [9.17, 15) is 5.21 Å². The van der Waals surface area contributed by atoms with Crippen molar-refractivity contribution in [2.24, 2.45) is 0 Å². The van der Waals surface area contributed by atoms with Crippen LogP contribution in [0.15, 0.2) is 59.2 Å². The highest BCUT2D eigenvalue weighted by atomic mass is 16.8. The van der Waals surface area contributed by atoms with Gasteiger partial charge in [0.1, 0.15) is 0 Å². The van der Waals surface area contributed by atoms with Crippen LogP contribution in [-0.2, 0) is 0 Å². The number of nitrogens with zero attached hydrogens (tertiary/aromatic N) is 3. The Hall–Kier alpha value is -3.13. The lowest BCUT2D eigenvalue weighted by Crippen LogP contribution is -2.26. The zero-order valence-corrected chi connectivity index (χ0v) is 10.4. The van der Waals surface area contributed by atoms with E-state index in [1.54, 1.807) is 18.2 Å². The molecule has 0 atom stereocenters. The summed E-state index contributed by atoms with van der Waals surface area (Å²) in [5.74, 6) is 0. The fourth-order valence-corrected chi connectivity index (χ4v) is 1.98. The number of aromatic nitrogens is 2. The fraction of sp³-hybridized carbons (Fsp3) is 0. The van der Waals surface area contributed by atoms with Crippen LogP contribution in [0.4, 0.5) is 0 Å². The average Bonchev–Trinajstić information content (AvgIpc) is 2.89. The molecule has 5 heteroatoms. The van der Waals surface area contributed by atoms with Crippen LogP contribution in [0.2, 0.25) is 0 Å². The maximum atomic E-state index is 11.2. The summed E-state index contributed by atoms with van der Waals surface area (Å²) in [5, 5.41) is 23.7. The Morgan fingerprint density at radius 3 is 2.20 bits per heavy atom. The second kappa shape index (κ2) is 4.86. The Balaban J connectivity index is 2.00. The van der Waals surface area contributed by atoms with Crippen molar-refractivity contribution in [2.75, 3.05) is 0 Å². The van der Waals surface area contributed by atoms with Gasteiger partial charge in [0, 0.05) is 10.7 Å². The molecule has 0 aliphatic rings. The van der Waals surface area contributed by atoms with E-state index >= 15 is 0 Å². The number of rotatable bonds is 2. The van der Waals surface area contributed by atoms with Crippen molar-refractivity contribution in [1.29, 1.82) is 5.26 Å². The van der Waals surface area contributed by atoms with E-state index in [-0.39, 0.29) is 16.3 Å². The van der Waals surface area contributed by atoms with Gasteiger partial charge < -0.3 is 5.21 Å². The summed E-state index contributed by atoms with van der Waals surface area (Å²) in [6.07, 6.45) is 0. The Morgan fingerprint density at radius 1 is 0.950 bits per heavy atom. The summed E-state index contributed by atoms with van der Waals surface area (Å²) in [5.41, 5.74) is 2.92. The second-order valence-electron chi connectivity index (χ2n) is 4.18. The summed E-state index contributed by atoms with van der Waals surface area (Å²) in [6.45, 7) is 0. The van der Waals surface area contributed by atoms with E-state index in [1.807, 2.05) is 42.5 Å². The SMILES string of the molecule is N#Cc1c(-c2ccc(-c3ccccc3)cc2)no[n+]1[O-]. The van der Waals surface area contributed by atoms with Gasteiger partial charge in [0.2, 0.25) is 0 Å². The summed E-state index contributed by atoms with van der Waals surface area (Å²) >= 11 is 0. The maximum Gasteiger partial charge on any atom is 0.302 e. The number of benzene rings is 2. The first-order valence-corrected chi connectivity index (χ1v) is 5.95. The molecule has 1 heterocycles. The minimum atomic E-state index is -0.141. The van der Waals surface area contributed by atoms with Crippen LogP contribution < -0.4 is 4.90 Å². The van der Waals surface area contributed by atoms with E-state index in [0.717, 1.165) is 11.1 Å². The van der Waals surface area contributed by atoms with E-state index in [2.05, 4.69) is 9.79 Å². The minimum absolute atomic E-state index is 0.112. The molecule has 0 saturated heterocycles. The molecule has 3 rings (SSSR count). The van der Waals surface area contributed by atoms with E-state index in [0.29, 0.717) is 5.56 Å². The average molecular weight is 263 g/mol. The maximum absolute atomic E-state index is 11.2. The van der Waals surface area contributed by atoms with Gasteiger partial charge in [0.05, 0.1) is 0 Å². The van der Waals surface area contributed by atoms with Crippen molar-refractivity contribution in [3.8, 4) is 28.5 Å². The second-order valence-corrected chi connectivity index (χ2v) is 4.18. The molecule has 0 unspecified atom stereocenters. The molecule has 3 aromatic rings. The highest BCUT2D eigenvalue weighted by Gasteiger charge is 2.20. The molecule has 0 aliphatic carbocycles. The van der Waals surface area contributed by atoms with Gasteiger partial charge >= 0.3 is 5.69 Å². The fourth-order valence-electron chi connectivity index (χ4n) is 1.98. The van der Waals surface area contributed by atoms with Crippen LogP contribution in [0.1, 0.15) is 5.69 Å². The summed E-state index contributed by atoms with van der Waals surface area (Å²) in [4.78, 5) is 0.112. The van der Waals surface area contributed by atoms with Gasteiger partial charge in [-0.05, 0) is 28.2 Å². The molecule has 0 amide bonds. The monoisotopic (exact) mass is 263 g/mol. The Kier molecular flexibility index (Phi) is 2.90. The normalized spacial score (nSPS) is 10.2. The van der Waals surface area contributed by atoms with Crippen molar-refractivity contribution < 1.29 is 9.53 Å². The predicted octanol–water partition coefficient (Wildman–Crippen LogP) is 2.51. The van der Waals surface area contributed by atoms with E-state index in [1.165, 1.54) is 0 Å². The number of hydrogen-bond acceptors (Lipinski definition) is 4. The van der Waals surface area contributed by atoms with Gasteiger partial charge in [0.15, 0.2) is 6.07 Å². The van der Waals surface area contributed by atoms with Crippen molar-refractivity contribution in [3.63, 3.8) is 0 Å². The molecule has 5 nitrogen and oxygen atoms in total. The lowest BCUT2D eigenvalue weighted by atomic mass is 10.0. The molecule has 20 heavy (non-hydrogen) atoms. The molecule has 96 valence electrons. The third-order valence-electron chi connectivity index (χ3n) is 2.98. The molecule has 0 aliphatic heterocycles. The van der Waals surface area contributed by atoms with Crippen molar-refractivity contribution >= 4 is 0 Å². The molecular weight excluding hydrogens is 254 g/mol. The highest BCUT2D eigenvalue weighted by molar-refractivity contribution is 5.69. The van der Waals surface area contributed by atoms with Crippen LogP contribution in [0.5, 0.6) is 0 Å². The molecule has 0 bridgehead atoms. The molecule has 0 radical (unpaired) electrons. The third kappa shape index (κ3) is 1.99. The highest BCUT2D eigenvalue weighted by Crippen LogP contribution is 2.24. The largest absolute Gasteiger partial charge is 0.358 e. The molecule has 0 N–H and O–H groups in total. The summed E-state index contributed by atoms with van der Waals surface area (Å²) in [6, 6.07) is 19.1. The van der Waals surface area contributed by atoms with Crippen molar-refractivity contribution in [1.82, 2.24) is 5.16 Å². The van der Waals surface area contributed by atoms with Crippen LogP contribution in [-0.4, -0.2) is 5.16 Å². The van der Waals surface area contributed by atoms with E-state index < -0.39 is 0 Å². The van der Waals surface area contributed by atoms with Crippen LogP contribution in [0.3, 0.4) is 0 Å². The molecule has 0 spiro atoms. The third-order valence-corrected chi connectivity index (χ3v) is 2.98. The predicted molar refractivity (Wildman–Crippen MR) is 71.1 cm³/mol. The zero-order valence-electron chi connectivity index (χ0n) is 10.4. The smallest absolute Gasteiger partial charge is 0.302 e.